The first-order valence-electron chi connectivity index (χ1n) is 5.51. The van der Waals surface area contributed by atoms with Gasteiger partial charge in [-0.25, -0.2) is 0 Å². The van der Waals surface area contributed by atoms with E-state index in [1.165, 1.54) is 5.56 Å². The summed E-state index contributed by atoms with van der Waals surface area (Å²) in [6, 6.07) is 1.98. The summed E-state index contributed by atoms with van der Waals surface area (Å²) in [5.41, 5.74) is 7.96. The Balaban J connectivity index is 2.47. The quantitative estimate of drug-likeness (QED) is 0.908. The standard InChI is InChI=1S/C12H16BrNO2/c1-8-9(3-4-14)10(13)7-11-12(8)16-6-2-5-15-11/h7H,2-6,14H2,1H3. The van der Waals surface area contributed by atoms with Gasteiger partial charge in [-0.15, -0.1) is 0 Å². The molecule has 0 amide bonds. The molecule has 4 heteroatoms. The lowest BCUT2D eigenvalue weighted by molar-refractivity contribution is 0.296. The molecule has 1 aliphatic rings. The average Bonchev–Trinajstić information content (AvgIpc) is 2.49. The van der Waals surface area contributed by atoms with Gasteiger partial charge in [0.1, 0.15) is 0 Å². The number of hydrogen-bond donors (Lipinski definition) is 1. The molecule has 0 aromatic heterocycles. The van der Waals surface area contributed by atoms with E-state index in [0.717, 1.165) is 47.6 Å². The summed E-state index contributed by atoms with van der Waals surface area (Å²) in [4.78, 5) is 0. The fourth-order valence-electron chi connectivity index (χ4n) is 1.92. The van der Waals surface area contributed by atoms with Crippen LogP contribution in [-0.4, -0.2) is 19.8 Å². The number of hydrogen-bond acceptors (Lipinski definition) is 3. The second-order valence-corrected chi connectivity index (χ2v) is 4.73. The Morgan fingerprint density at radius 1 is 1.38 bits per heavy atom. The first-order valence-corrected chi connectivity index (χ1v) is 6.31. The topological polar surface area (TPSA) is 44.5 Å². The molecule has 0 fully saturated rings. The maximum Gasteiger partial charge on any atom is 0.164 e. The Hall–Kier alpha value is -0.740. The average molecular weight is 286 g/mol. The zero-order valence-electron chi connectivity index (χ0n) is 9.38. The fraction of sp³-hybridized carbons (Fsp3) is 0.500. The van der Waals surface area contributed by atoms with Crippen molar-refractivity contribution in [3.05, 3.63) is 21.7 Å². The van der Waals surface area contributed by atoms with E-state index in [0.29, 0.717) is 6.54 Å². The fourth-order valence-corrected chi connectivity index (χ4v) is 2.63. The molecule has 1 aromatic carbocycles. The molecule has 0 radical (unpaired) electrons. The van der Waals surface area contributed by atoms with Crippen molar-refractivity contribution in [3.63, 3.8) is 0 Å². The van der Waals surface area contributed by atoms with Gasteiger partial charge in [0.15, 0.2) is 11.5 Å². The van der Waals surface area contributed by atoms with Crippen LogP contribution in [0.2, 0.25) is 0 Å². The van der Waals surface area contributed by atoms with Crippen molar-refractivity contribution in [1.82, 2.24) is 0 Å². The van der Waals surface area contributed by atoms with Crippen LogP contribution in [0.4, 0.5) is 0 Å². The molecular formula is C12H16BrNO2. The molecule has 0 unspecified atom stereocenters. The van der Waals surface area contributed by atoms with Gasteiger partial charge < -0.3 is 15.2 Å². The summed E-state index contributed by atoms with van der Waals surface area (Å²) < 4.78 is 12.4. The molecule has 0 bridgehead atoms. The lowest BCUT2D eigenvalue weighted by Gasteiger charge is -2.15. The summed E-state index contributed by atoms with van der Waals surface area (Å²) in [6.07, 6.45) is 1.78. The lowest BCUT2D eigenvalue weighted by Crippen LogP contribution is -2.06. The normalized spacial score (nSPS) is 14.7. The number of benzene rings is 1. The van der Waals surface area contributed by atoms with Gasteiger partial charge in [0.25, 0.3) is 0 Å². The van der Waals surface area contributed by atoms with Crippen LogP contribution in [0, 0.1) is 6.92 Å². The summed E-state index contributed by atoms with van der Waals surface area (Å²) in [5.74, 6) is 1.71. The molecule has 16 heavy (non-hydrogen) atoms. The van der Waals surface area contributed by atoms with Gasteiger partial charge in [0, 0.05) is 10.9 Å². The van der Waals surface area contributed by atoms with Crippen molar-refractivity contribution >= 4 is 15.9 Å². The highest BCUT2D eigenvalue weighted by Crippen LogP contribution is 2.39. The van der Waals surface area contributed by atoms with Gasteiger partial charge in [-0.3, -0.25) is 0 Å². The van der Waals surface area contributed by atoms with E-state index in [4.69, 9.17) is 15.2 Å². The molecule has 1 aliphatic heterocycles. The third-order valence-corrected chi connectivity index (χ3v) is 3.46. The van der Waals surface area contributed by atoms with Crippen LogP contribution in [0.15, 0.2) is 10.5 Å². The van der Waals surface area contributed by atoms with Crippen LogP contribution in [0.3, 0.4) is 0 Å². The number of halogens is 1. The number of fused-ring (bicyclic) bond motifs is 1. The molecule has 0 saturated carbocycles. The molecule has 0 aliphatic carbocycles. The molecule has 2 N–H and O–H groups in total. The minimum absolute atomic E-state index is 0.638. The second-order valence-electron chi connectivity index (χ2n) is 3.88. The minimum atomic E-state index is 0.638. The van der Waals surface area contributed by atoms with Crippen LogP contribution in [0.5, 0.6) is 11.5 Å². The molecular weight excluding hydrogens is 270 g/mol. The van der Waals surface area contributed by atoms with Gasteiger partial charge >= 0.3 is 0 Å². The van der Waals surface area contributed by atoms with Crippen LogP contribution < -0.4 is 15.2 Å². The maximum atomic E-state index is 5.73. The number of nitrogens with two attached hydrogens (primary N) is 1. The Kier molecular flexibility index (Phi) is 3.71. The molecule has 1 aromatic rings. The zero-order valence-corrected chi connectivity index (χ0v) is 11.0. The Labute approximate surface area is 104 Å². The minimum Gasteiger partial charge on any atom is -0.490 e. The van der Waals surface area contributed by atoms with Gasteiger partial charge in [-0.05, 0) is 37.1 Å². The van der Waals surface area contributed by atoms with Crippen molar-refractivity contribution in [2.45, 2.75) is 19.8 Å². The second kappa shape index (κ2) is 5.06. The molecule has 0 saturated heterocycles. The predicted molar refractivity (Wildman–Crippen MR) is 67.2 cm³/mol. The highest BCUT2D eigenvalue weighted by Gasteiger charge is 2.17. The smallest absolute Gasteiger partial charge is 0.164 e. The Morgan fingerprint density at radius 2 is 2.12 bits per heavy atom. The van der Waals surface area contributed by atoms with Crippen LogP contribution in [0.1, 0.15) is 17.5 Å². The van der Waals surface area contributed by atoms with Crippen LogP contribution in [-0.2, 0) is 6.42 Å². The van der Waals surface area contributed by atoms with E-state index >= 15 is 0 Å². The molecule has 88 valence electrons. The molecule has 3 nitrogen and oxygen atoms in total. The van der Waals surface area contributed by atoms with E-state index in [9.17, 15) is 0 Å². The van der Waals surface area contributed by atoms with Crippen LogP contribution in [0.25, 0.3) is 0 Å². The molecule has 1 heterocycles. The zero-order chi connectivity index (χ0) is 11.5. The summed E-state index contributed by atoms with van der Waals surface area (Å²) in [7, 11) is 0. The highest BCUT2D eigenvalue weighted by molar-refractivity contribution is 9.10. The van der Waals surface area contributed by atoms with Gasteiger partial charge in [-0.1, -0.05) is 15.9 Å². The van der Waals surface area contributed by atoms with Gasteiger partial charge in [-0.2, -0.15) is 0 Å². The summed E-state index contributed by atoms with van der Waals surface area (Å²) in [5, 5.41) is 0. The SMILES string of the molecule is Cc1c(CCN)c(Br)cc2c1OCCCO2. The van der Waals surface area contributed by atoms with Crippen molar-refractivity contribution in [1.29, 1.82) is 0 Å². The van der Waals surface area contributed by atoms with E-state index in [-0.39, 0.29) is 0 Å². The maximum absolute atomic E-state index is 5.73. The Morgan fingerprint density at radius 3 is 2.88 bits per heavy atom. The first kappa shape index (κ1) is 11.7. The van der Waals surface area contributed by atoms with Crippen LogP contribution >= 0.6 is 15.9 Å². The third-order valence-electron chi connectivity index (χ3n) is 2.75. The van der Waals surface area contributed by atoms with Gasteiger partial charge in [0.2, 0.25) is 0 Å². The summed E-state index contributed by atoms with van der Waals surface area (Å²) in [6.45, 7) is 4.13. The van der Waals surface area contributed by atoms with E-state index in [1.54, 1.807) is 0 Å². The predicted octanol–water partition coefficient (Wildman–Crippen LogP) is 2.42. The van der Waals surface area contributed by atoms with Crippen molar-refractivity contribution in [2.24, 2.45) is 5.73 Å². The van der Waals surface area contributed by atoms with E-state index in [2.05, 4.69) is 22.9 Å². The van der Waals surface area contributed by atoms with Crippen molar-refractivity contribution in [2.75, 3.05) is 19.8 Å². The number of ether oxygens (including phenoxy) is 2. The lowest BCUT2D eigenvalue weighted by atomic mass is 10.0. The molecule has 0 atom stereocenters. The summed E-state index contributed by atoms with van der Waals surface area (Å²) >= 11 is 3.56. The van der Waals surface area contributed by atoms with Crippen molar-refractivity contribution in [3.8, 4) is 11.5 Å². The van der Waals surface area contributed by atoms with E-state index < -0.39 is 0 Å². The van der Waals surface area contributed by atoms with E-state index in [1.807, 2.05) is 6.07 Å². The van der Waals surface area contributed by atoms with Gasteiger partial charge in [0.05, 0.1) is 13.2 Å². The number of rotatable bonds is 2. The molecule has 0 spiro atoms. The Bertz CT molecular complexity index is 393. The largest absolute Gasteiger partial charge is 0.490 e. The highest BCUT2D eigenvalue weighted by atomic mass is 79.9. The third kappa shape index (κ3) is 2.18. The monoisotopic (exact) mass is 285 g/mol. The first-order chi connectivity index (χ1) is 7.74. The molecule has 2 rings (SSSR count). The van der Waals surface area contributed by atoms with Crippen molar-refractivity contribution < 1.29 is 9.47 Å².